The minimum Gasteiger partial charge on any atom is -0.379 e. The molecule has 144 valence electrons. The first-order valence-electron chi connectivity index (χ1n) is 9.54. The average molecular weight is 387 g/mol. The number of thiazole rings is 1. The van der Waals surface area contributed by atoms with Gasteiger partial charge in [0.25, 0.3) is 5.91 Å². The Kier molecular flexibility index (Phi) is 5.52. The van der Waals surface area contributed by atoms with Crippen LogP contribution in [-0.4, -0.2) is 65.1 Å². The van der Waals surface area contributed by atoms with E-state index in [2.05, 4.69) is 20.2 Å². The predicted molar refractivity (Wildman–Crippen MR) is 105 cm³/mol. The summed E-state index contributed by atoms with van der Waals surface area (Å²) in [4.78, 5) is 26.1. The maximum absolute atomic E-state index is 12.9. The molecule has 4 rings (SSSR count). The average Bonchev–Trinajstić information content (AvgIpc) is 3.00. The number of amides is 1. The van der Waals surface area contributed by atoms with Gasteiger partial charge in [0.2, 0.25) is 0 Å². The van der Waals surface area contributed by atoms with Crippen LogP contribution in [0.2, 0.25) is 0 Å². The summed E-state index contributed by atoms with van der Waals surface area (Å²) in [6.07, 6.45) is 5.46. The van der Waals surface area contributed by atoms with Gasteiger partial charge in [0.05, 0.1) is 29.5 Å². The van der Waals surface area contributed by atoms with Gasteiger partial charge in [0.1, 0.15) is 0 Å². The van der Waals surface area contributed by atoms with E-state index in [9.17, 15) is 4.79 Å². The van der Waals surface area contributed by atoms with E-state index < -0.39 is 0 Å². The molecule has 2 aromatic heterocycles. The molecular weight excluding hydrogens is 360 g/mol. The predicted octanol–water partition coefficient (Wildman–Crippen LogP) is 2.60. The molecule has 27 heavy (non-hydrogen) atoms. The van der Waals surface area contributed by atoms with E-state index in [0.29, 0.717) is 5.56 Å². The zero-order valence-electron chi connectivity index (χ0n) is 15.8. The quantitative estimate of drug-likeness (QED) is 0.812. The van der Waals surface area contributed by atoms with E-state index in [-0.39, 0.29) is 11.3 Å². The van der Waals surface area contributed by atoms with Crippen molar-refractivity contribution < 1.29 is 9.53 Å². The molecule has 0 saturated carbocycles. The fraction of sp³-hybridized carbons (Fsp3) is 0.550. The summed E-state index contributed by atoms with van der Waals surface area (Å²) < 4.78 is 5.98. The molecule has 1 amide bonds. The molecule has 0 aliphatic carbocycles. The largest absolute Gasteiger partial charge is 0.379 e. The molecule has 0 bridgehead atoms. The van der Waals surface area contributed by atoms with Crippen LogP contribution in [0.3, 0.4) is 0 Å². The van der Waals surface area contributed by atoms with Crippen LogP contribution in [0, 0.1) is 12.3 Å². The van der Waals surface area contributed by atoms with E-state index in [4.69, 9.17) is 4.74 Å². The summed E-state index contributed by atoms with van der Waals surface area (Å²) in [5.41, 5.74) is 1.80. The van der Waals surface area contributed by atoms with Gasteiger partial charge in [-0.05, 0) is 31.9 Å². The van der Waals surface area contributed by atoms with Gasteiger partial charge in [-0.2, -0.15) is 0 Å². The van der Waals surface area contributed by atoms with Crippen LogP contribution in [0.25, 0.3) is 0 Å². The molecule has 7 heteroatoms. The maximum atomic E-state index is 12.9. The SMILES string of the molecule is Cc1nc(CN2CCOC[C@@]3(CCCN(C(=O)c4cccnc4)C3)C2)cs1. The van der Waals surface area contributed by atoms with Crippen molar-refractivity contribution in [2.45, 2.75) is 26.3 Å². The van der Waals surface area contributed by atoms with Gasteiger partial charge in [-0.25, -0.2) is 4.98 Å². The Morgan fingerprint density at radius 1 is 1.37 bits per heavy atom. The minimum atomic E-state index is -0.00230. The summed E-state index contributed by atoms with van der Waals surface area (Å²) >= 11 is 1.70. The van der Waals surface area contributed by atoms with Crippen LogP contribution in [-0.2, 0) is 11.3 Å². The number of ether oxygens (including phenoxy) is 1. The number of likely N-dealkylation sites (tertiary alicyclic amines) is 1. The highest BCUT2D eigenvalue weighted by atomic mass is 32.1. The third-order valence-electron chi connectivity index (χ3n) is 5.43. The van der Waals surface area contributed by atoms with Gasteiger partial charge in [0.15, 0.2) is 0 Å². The molecule has 2 fully saturated rings. The third kappa shape index (κ3) is 4.36. The van der Waals surface area contributed by atoms with Crippen molar-refractivity contribution in [1.29, 1.82) is 0 Å². The Morgan fingerprint density at radius 3 is 3.07 bits per heavy atom. The van der Waals surface area contributed by atoms with Crippen molar-refractivity contribution in [2.24, 2.45) is 5.41 Å². The van der Waals surface area contributed by atoms with Crippen LogP contribution in [0.5, 0.6) is 0 Å². The lowest BCUT2D eigenvalue weighted by Crippen LogP contribution is -2.52. The zero-order chi connectivity index (χ0) is 18.7. The van der Waals surface area contributed by atoms with E-state index in [0.717, 1.165) is 69.5 Å². The number of aryl methyl sites for hydroxylation is 1. The number of pyridine rings is 1. The number of aromatic nitrogens is 2. The molecule has 4 heterocycles. The number of nitrogens with zero attached hydrogens (tertiary/aromatic N) is 4. The number of hydrogen-bond acceptors (Lipinski definition) is 6. The molecular formula is C20H26N4O2S. The Morgan fingerprint density at radius 2 is 2.30 bits per heavy atom. The normalized spacial score (nSPS) is 24.1. The summed E-state index contributed by atoms with van der Waals surface area (Å²) in [6.45, 7) is 7.76. The molecule has 2 aliphatic rings. The number of rotatable bonds is 3. The minimum absolute atomic E-state index is 0.00230. The molecule has 0 N–H and O–H groups in total. The van der Waals surface area contributed by atoms with Gasteiger partial charge in [-0.1, -0.05) is 0 Å². The topological polar surface area (TPSA) is 58.6 Å². The van der Waals surface area contributed by atoms with Gasteiger partial charge >= 0.3 is 0 Å². The number of carbonyl (C=O) groups is 1. The van der Waals surface area contributed by atoms with Gasteiger partial charge in [-0.3, -0.25) is 14.7 Å². The summed E-state index contributed by atoms with van der Waals surface area (Å²) in [6, 6.07) is 3.66. The lowest BCUT2D eigenvalue weighted by molar-refractivity contribution is 0.00689. The molecule has 1 spiro atoms. The van der Waals surface area contributed by atoms with Crippen molar-refractivity contribution in [1.82, 2.24) is 19.8 Å². The second-order valence-electron chi connectivity index (χ2n) is 7.69. The highest BCUT2D eigenvalue weighted by Crippen LogP contribution is 2.34. The Labute approximate surface area is 164 Å². The van der Waals surface area contributed by atoms with Gasteiger partial charge in [0, 0.05) is 55.9 Å². The van der Waals surface area contributed by atoms with Crippen molar-refractivity contribution in [3.05, 3.63) is 46.2 Å². The van der Waals surface area contributed by atoms with Gasteiger partial charge in [-0.15, -0.1) is 11.3 Å². The molecule has 2 aliphatic heterocycles. The number of carbonyl (C=O) groups excluding carboxylic acids is 1. The second kappa shape index (κ2) is 8.04. The second-order valence-corrected chi connectivity index (χ2v) is 8.76. The smallest absolute Gasteiger partial charge is 0.255 e. The summed E-state index contributed by atoms with van der Waals surface area (Å²) in [5, 5.41) is 3.25. The molecule has 0 aromatic carbocycles. The molecule has 0 unspecified atom stereocenters. The fourth-order valence-electron chi connectivity index (χ4n) is 4.23. The van der Waals surface area contributed by atoms with Crippen LogP contribution in [0.15, 0.2) is 29.9 Å². The highest BCUT2D eigenvalue weighted by molar-refractivity contribution is 7.09. The van der Waals surface area contributed by atoms with Crippen molar-refractivity contribution in [3.63, 3.8) is 0 Å². The Hall–Kier alpha value is -1.83. The van der Waals surface area contributed by atoms with Crippen LogP contribution in [0.4, 0.5) is 0 Å². The summed E-state index contributed by atoms with van der Waals surface area (Å²) in [7, 11) is 0. The molecule has 6 nitrogen and oxygen atoms in total. The zero-order valence-corrected chi connectivity index (χ0v) is 16.6. The third-order valence-corrected chi connectivity index (χ3v) is 6.25. The Balaban J connectivity index is 1.47. The van der Waals surface area contributed by atoms with Crippen molar-refractivity contribution in [3.8, 4) is 0 Å². The molecule has 1 atom stereocenters. The van der Waals surface area contributed by atoms with Gasteiger partial charge < -0.3 is 9.64 Å². The van der Waals surface area contributed by atoms with E-state index in [1.807, 2.05) is 24.0 Å². The lowest BCUT2D eigenvalue weighted by Gasteiger charge is -2.43. The van der Waals surface area contributed by atoms with E-state index in [1.54, 1.807) is 23.7 Å². The van der Waals surface area contributed by atoms with E-state index in [1.165, 1.54) is 0 Å². The first-order chi connectivity index (χ1) is 13.1. The van der Waals surface area contributed by atoms with Crippen LogP contribution in [0.1, 0.15) is 33.9 Å². The number of piperidine rings is 1. The fourth-order valence-corrected chi connectivity index (χ4v) is 4.83. The van der Waals surface area contributed by atoms with Crippen LogP contribution >= 0.6 is 11.3 Å². The Bertz CT molecular complexity index is 781. The van der Waals surface area contributed by atoms with E-state index >= 15 is 0 Å². The first kappa shape index (κ1) is 18.5. The highest BCUT2D eigenvalue weighted by Gasteiger charge is 2.40. The summed E-state index contributed by atoms with van der Waals surface area (Å²) in [5.74, 6) is 0.0769. The number of hydrogen-bond donors (Lipinski definition) is 0. The maximum Gasteiger partial charge on any atom is 0.255 e. The first-order valence-corrected chi connectivity index (χ1v) is 10.4. The molecule has 2 aromatic rings. The van der Waals surface area contributed by atoms with Crippen molar-refractivity contribution in [2.75, 3.05) is 39.4 Å². The monoisotopic (exact) mass is 386 g/mol. The standard InChI is InChI=1S/C20H26N4O2S/c1-16-22-18(12-27-16)11-23-8-9-26-15-20(13-23)5-3-7-24(14-20)19(25)17-4-2-6-21-10-17/h2,4,6,10,12H,3,5,7-9,11,13-15H2,1H3/t20-/m0/s1. The van der Waals surface area contributed by atoms with Crippen LogP contribution < -0.4 is 0 Å². The molecule has 0 radical (unpaired) electrons. The van der Waals surface area contributed by atoms with Crippen molar-refractivity contribution >= 4 is 17.2 Å². The molecule has 2 saturated heterocycles. The lowest BCUT2D eigenvalue weighted by atomic mass is 9.80.